The molecule has 0 atom stereocenters. The highest BCUT2D eigenvalue weighted by Gasteiger charge is 2.34. The molecule has 1 aliphatic carbocycles. The normalized spacial score (nSPS) is 15.5. The van der Waals surface area contributed by atoms with E-state index in [1.807, 2.05) is 0 Å². The third kappa shape index (κ3) is 2.35. The summed E-state index contributed by atoms with van der Waals surface area (Å²) in [4.78, 5) is 4.97. The summed E-state index contributed by atoms with van der Waals surface area (Å²) < 4.78 is 2.28. The second kappa shape index (κ2) is 4.62. The minimum atomic E-state index is 0.00551. The molecule has 0 saturated heterocycles. The predicted molar refractivity (Wildman–Crippen MR) is 88.5 cm³/mol. The summed E-state index contributed by atoms with van der Waals surface area (Å²) in [5, 5.41) is 0. The summed E-state index contributed by atoms with van der Waals surface area (Å²) in [6.45, 7) is 10.9. The van der Waals surface area contributed by atoms with Crippen LogP contribution in [0.25, 0.3) is 11.3 Å². The summed E-state index contributed by atoms with van der Waals surface area (Å²) >= 11 is 0. The van der Waals surface area contributed by atoms with Gasteiger partial charge in [0.2, 0.25) is 0 Å². The number of nitrogen functional groups attached to an aromatic ring is 1. The molecule has 0 aliphatic heterocycles. The van der Waals surface area contributed by atoms with Gasteiger partial charge in [0.1, 0.15) is 17.3 Å². The molecule has 0 unspecified atom stereocenters. The number of rotatable bonds is 2. The summed E-state index contributed by atoms with van der Waals surface area (Å²) in [7, 11) is 0. The van der Waals surface area contributed by atoms with Crippen molar-refractivity contribution in [2.45, 2.75) is 58.9 Å². The molecule has 1 aromatic heterocycles. The first-order valence-corrected chi connectivity index (χ1v) is 7.75. The molecule has 2 N–H and O–H groups in total. The van der Waals surface area contributed by atoms with E-state index in [9.17, 15) is 0 Å². The van der Waals surface area contributed by atoms with Gasteiger partial charge in [0, 0.05) is 17.0 Å². The molecule has 3 heteroatoms. The van der Waals surface area contributed by atoms with Gasteiger partial charge in [-0.25, -0.2) is 4.98 Å². The van der Waals surface area contributed by atoms with Gasteiger partial charge in [0.05, 0.1) is 0 Å². The Kier molecular flexibility index (Phi) is 3.12. The number of nitrogens with zero attached hydrogens (tertiary/aromatic N) is 2. The Balaban J connectivity index is 2.25. The Bertz CT molecular complexity index is 665. The van der Waals surface area contributed by atoms with Crippen molar-refractivity contribution in [3.05, 3.63) is 35.2 Å². The van der Waals surface area contributed by atoms with Crippen LogP contribution in [0.2, 0.25) is 0 Å². The Morgan fingerprint density at radius 3 is 2.19 bits per heavy atom. The first-order chi connectivity index (χ1) is 9.80. The van der Waals surface area contributed by atoms with Crippen LogP contribution in [0.5, 0.6) is 0 Å². The van der Waals surface area contributed by atoms with Gasteiger partial charge in [0.25, 0.3) is 0 Å². The number of nitrogens with two attached hydrogens (primary N) is 1. The third-order valence-corrected chi connectivity index (χ3v) is 4.25. The van der Waals surface area contributed by atoms with Gasteiger partial charge in [-0.05, 0) is 37.8 Å². The molecule has 21 heavy (non-hydrogen) atoms. The van der Waals surface area contributed by atoms with Crippen molar-refractivity contribution < 1.29 is 0 Å². The van der Waals surface area contributed by atoms with Gasteiger partial charge in [0.15, 0.2) is 0 Å². The number of anilines is 1. The van der Waals surface area contributed by atoms with Crippen molar-refractivity contribution in [3.8, 4) is 11.3 Å². The van der Waals surface area contributed by atoms with E-state index in [4.69, 9.17) is 10.7 Å². The molecule has 3 rings (SSSR count). The van der Waals surface area contributed by atoms with Crippen LogP contribution in [0.1, 0.15) is 56.6 Å². The Morgan fingerprint density at radius 2 is 1.71 bits per heavy atom. The van der Waals surface area contributed by atoms with Crippen LogP contribution in [0.3, 0.4) is 0 Å². The molecule has 112 valence electrons. The van der Waals surface area contributed by atoms with Gasteiger partial charge < -0.3 is 10.3 Å². The predicted octanol–water partition coefficient (Wildman–Crippen LogP) is 4.38. The average Bonchev–Trinajstić information content (AvgIpc) is 3.14. The fourth-order valence-corrected chi connectivity index (χ4v) is 3.05. The van der Waals surface area contributed by atoms with E-state index in [1.54, 1.807) is 0 Å². The van der Waals surface area contributed by atoms with E-state index < -0.39 is 0 Å². The first kappa shape index (κ1) is 14.2. The van der Waals surface area contributed by atoms with Gasteiger partial charge in [-0.15, -0.1) is 0 Å². The highest BCUT2D eigenvalue weighted by atomic mass is 15.2. The third-order valence-electron chi connectivity index (χ3n) is 4.25. The standard InChI is InChI=1S/C18H25N3/c1-11-7-6-8-12(2)14(11)15-16(19)21(13-9-10-13)17(20-15)18(3,4)5/h6-8,13H,9-10,19H2,1-5H3. The maximum Gasteiger partial charge on any atom is 0.132 e. The SMILES string of the molecule is Cc1cccc(C)c1-c1nc(C(C)(C)C)n(C2CC2)c1N. The van der Waals surface area contributed by atoms with Crippen molar-refractivity contribution in [2.75, 3.05) is 5.73 Å². The van der Waals surface area contributed by atoms with Crippen LogP contribution in [0.4, 0.5) is 5.82 Å². The fourth-order valence-electron chi connectivity index (χ4n) is 3.05. The maximum atomic E-state index is 6.51. The van der Waals surface area contributed by atoms with Crippen molar-refractivity contribution in [1.29, 1.82) is 0 Å². The zero-order valence-corrected chi connectivity index (χ0v) is 13.7. The van der Waals surface area contributed by atoms with E-state index in [0.717, 1.165) is 17.3 Å². The number of hydrogen-bond acceptors (Lipinski definition) is 2. The second-order valence-electron chi connectivity index (χ2n) is 7.29. The molecule has 0 bridgehead atoms. The highest BCUT2D eigenvalue weighted by Crippen LogP contribution is 2.44. The molecule has 1 aliphatic rings. The molecule has 1 aromatic carbocycles. The molecule has 0 radical (unpaired) electrons. The number of benzene rings is 1. The zero-order valence-electron chi connectivity index (χ0n) is 13.7. The van der Waals surface area contributed by atoms with E-state index in [-0.39, 0.29) is 5.41 Å². The molecular formula is C18H25N3. The summed E-state index contributed by atoms with van der Waals surface area (Å²) in [6.07, 6.45) is 2.44. The molecule has 1 fully saturated rings. The number of hydrogen-bond donors (Lipinski definition) is 1. The minimum Gasteiger partial charge on any atom is -0.383 e. The smallest absolute Gasteiger partial charge is 0.132 e. The minimum absolute atomic E-state index is 0.00551. The maximum absolute atomic E-state index is 6.51. The van der Waals surface area contributed by atoms with Crippen molar-refractivity contribution >= 4 is 5.82 Å². The quantitative estimate of drug-likeness (QED) is 0.888. The Morgan fingerprint density at radius 1 is 1.14 bits per heavy atom. The largest absolute Gasteiger partial charge is 0.383 e. The van der Waals surface area contributed by atoms with E-state index >= 15 is 0 Å². The number of imidazole rings is 1. The fraction of sp³-hybridized carbons (Fsp3) is 0.500. The Hall–Kier alpha value is -1.77. The van der Waals surface area contributed by atoms with Crippen LogP contribution in [0.15, 0.2) is 18.2 Å². The van der Waals surface area contributed by atoms with Gasteiger partial charge >= 0.3 is 0 Å². The molecule has 1 heterocycles. The first-order valence-electron chi connectivity index (χ1n) is 7.75. The van der Waals surface area contributed by atoms with E-state index in [1.165, 1.54) is 29.5 Å². The molecule has 2 aromatic rings. The van der Waals surface area contributed by atoms with Crippen molar-refractivity contribution in [1.82, 2.24) is 9.55 Å². The van der Waals surface area contributed by atoms with E-state index in [0.29, 0.717) is 6.04 Å². The Labute approximate surface area is 127 Å². The van der Waals surface area contributed by atoms with Crippen LogP contribution < -0.4 is 5.73 Å². The van der Waals surface area contributed by atoms with Crippen LogP contribution >= 0.6 is 0 Å². The molecule has 3 nitrogen and oxygen atoms in total. The monoisotopic (exact) mass is 283 g/mol. The molecular weight excluding hydrogens is 258 g/mol. The van der Waals surface area contributed by atoms with Crippen LogP contribution in [0, 0.1) is 13.8 Å². The average molecular weight is 283 g/mol. The molecule has 0 amide bonds. The van der Waals surface area contributed by atoms with Crippen molar-refractivity contribution in [2.24, 2.45) is 0 Å². The van der Waals surface area contributed by atoms with E-state index in [2.05, 4.69) is 57.4 Å². The second-order valence-corrected chi connectivity index (χ2v) is 7.29. The lowest BCUT2D eigenvalue weighted by Gasteiger charge is -2.20. The highest BCUT2D eigenvalue weighted by molar-refractivity contribution is 5.76. The number of aromatic nitrogens is 2. The summed E-state index contributed by atoms with van der Waals surface area (Å²) in [5.41, 5.74) is 11.1. The topological polar surface area (TPSA) is 43.8 Å². The van der Waals surface area contributed by atoms with Crippen LogP contribution in [-0.2, 0) is 5.41 Å². The van der Waals surface area contributed by atoms with Gasteiger partial charge in [-0.2, -0.15) is 0 Å². The van der Waals surface area contributed by atoms with Crippen LogP contribution in [-0.4, -0.2) is 9.55 Å². The lowest BCUT2D eigenvalue weighted by atomic mass is 9.95. The lowest BCUT2D eigenvalue weighted by molar-refractivity contribution is 0.504. The van der Waals surface area contributed by atoms with Crippen molar-refractivity contribution in [3.63, 3.8) is 0 Å². The molecule has 0 spiro atoms. The summed E-state index contributed by atoms with van der Waals surface area (Å²) in [5.74, 6) is 1.94. The van der Waals surface area contributed by atoms with Gasteiger partial charge in [-0.3, -0.25) is 0 Å². The number of aryl methyl sites for hydroxylation is 2. The molecule has 1 saturated carbocycles. The lowest BCUT2D eigenvalue weighted by Crippen LogP contribution is -2.19. The summed E-state index contributed by atoms with van der Waals surface area (Å²) in [6, 6.07) is 6.90. The zero-order chi connectivity index (χ0) is 15.4. The van der Waals surface area contributed by atoms with Gasteiger partial charge in [-0.1, -0.05) is 39.0 Å².